The number of nitrogen functional groups attached to an aromatic ring is 1. The average Bonchev–Trinajstić information content (AvgIpc) is 2.60. The summed E-state index contributed by atoms with van der Waals surface area (Å²) in [6.07, 6.45) is 0.426. The smallest absolute Gasteiger partial charge is 0.222 e. The van der Waals surface area contributed by atoms with Crippen LogP contribution in [0.15, 0.2) is 12.1 Å². The lowest BCUT2D eigenvalue weighted by Gasteiger charge is -2.15. The van der Waals surface area contributed by atoms with Gasteiger partial charge in [0.25, 0.3) is 0 Å². The van der Waals surface area contributed by atoms with Crippen molar-refractivity contribution < 1.29 is 9.18 Å². The third-order valence-corrected chi connectivity index (χ3v) is 2.67. The topological polar surface area (TPSA) is 67.1 Å². The van der Waals surface area contributed by atoms with Gasteiger partial charge in [-0.25, -0.2) is 4.39 Å². The van der Waals surface area contributed by atoms with E-state index in [1.54, 1.807) is 13.0 Å². The number of halogens is 1. The van der Waals surface area contributed by atoms with Crippen molar-refractivity contribution in [3.05, 3.63) is 23.5 Å². The molecule has 2 rings (SSSR count). The summed E-state index contributed by atoms with van der Waals surface area (Å²) in [4.78, 5) is 11.0. The van der Waals surface area contributed by atoms with Crippen LogP contribution in [0.3, 0.4) is 0 Å². The van der Waals surface area contributed by atoms with E-state index in [0.717, 1.165) is 0 Å². The van der Waals surface area contributed by atoms with Gasteiger partial charge in [-0.05, 0) is 24.6 Å². The van der Waals surface area contributed by atoms with Crippen molar-refractivity contribution in [3.63, 3.8) is 0 Å². The molecule has 0 aliphatic carbocycles. The highest BCUT2D eigenvalue weighted by Crippen LogP contribution is 2.24. The van der Waals surface area contributed by atoms with E-state index in [2.05, 4.69) is 10.6 Å². The quantitative estimate of drug-likeness (QED) is 0.656. The molecule has 0 saturated carbocycles. The van der Waals surface area contributed by atoms with E-state index in [4.69, 9.17) is 5.73 Å². The maximum absolute atomic E-state index is 13.2. The van der Waals surface area contributed by atoms with Gasteiger partial charge < -0.3 is 16.4 Å². The molecule has 0 aromatic heterocycles. The molecular weight excluding hydrogens is 209 g/mol. The highest BCUT2D eigenvalue weighted by Gasteiger charge is 2.21. The van der Waals surface area contributed by atoms with E-state index >= 15 is 0 Å². The summed E-state index contributed by atoms with van der Waals surface area (Å²) < 4.78 is 13.2. The van der Waals surface area contributed by atoms with E-state index in [9.17, 15) is 9.18 Å². The van der Waals surface area contributed by atoms with Crippen LogP contribution in [0.25, 0.3) is 0 Å². The van der Waals surface area contributed by atoms with E-state index in [1.165, 1.54) is 6.07 Å². The fourth-order valence-electron chi connectivity index (χ4n) is 1.75. The van der Waals surface area contributed by atoms with Crippen LogP contribution in [0.5, 0.6) is 0 Å². The van der Waals surface area contributed by atoms with Crippen LogP contribution in [0.2, 0.25) is 0 Å². The molecular formula is C11H14FN3O. The van der Waals surface area contributed by atoms with E-state index in [1.807, 2.05) is 0 Å². The summed E-state index contributed by atoms with van der Waals surface area (Å²) in [6, 6.07) is 2.98. The van der Waals surface area contributed by atoms with Gasteiger partial charge in [-0.1, -0.05) is 0 Å². The zero-order chi connectivity index (χ0) is 11.7. The Labute approximate surface area is 93.0 Å². The third-order valence-electron chi connectivity index (χ3n) is 2.67. The number of carbonyl (C=O) groups excluding carboxylic acids is 1. The van der Waals surface area contributed by atoms with Crippen molar-refractivity contribution in [1.82, 2.24) is 5.32 Å². The zero-order valence-corrected chi connectivity index (χ0v) is 9.01. The number of hydrogen-bond donors (Lipinski definition) is 3. The highest BCUT2D eigenvalue weighted by molar-refractivity contribution is 5.80. The summed E-state index contributed by atoms with van der Waals surface area (Å²) in [6.45, 7) is 2.26. The van der Waals surface area contributed by atoms with Crippen LogP contribution in [0, 0.1) is 12.7 Å². The van der Waals surface area contributed by atoms with Gasteiger partial charge in [0, 0.05) is 13.0 Å². The van der Waals surface area contributed by atoms with Crippen LogP contribution in [0.1, 0.15) is 12.0 Å². The molecule has 16 heavy (non-hydrogen) atoms. The van der Waals surface area contributed by atoms with Gasteiger partial charge in [-0.3, -0.25) is 4.79 Å². The molecule has 1 amide bonds. The number of rotatable bonds is 2. The predicted molar refractivity (Wildman–Crippen MR) is 60.6 cm³/mol. The Balaban J connectivity index is 2.15. The second kappa shape index (κ2) is 4.00. The Morgan fingerprint density at radius 1 is 1.56 bits per heavy atom. The van der Waals surface area contributed by atoms with Gasteiger partial charge in [0.2, 0.25) is 5.91 Å². The molecule has 1 unspecified atom stereocenters. The fourth-order valence-corrected chi connectivity index (χ4v) is 1.75. The number of carbonyl (C=O) groups is 1. The van der Waals surface area contributed by atoms with Crippen molar-refractivity contribution in [3.8, 4) is 0 Å². The minimum atomic E-state index is -0.316. The Bertz CT molecular complexity index is 433. The van der Waals surface area contributed by atoms with Crippen molar-refractivity contribution in [1.29, 1.82) is 0 Å². The van der Waals surface area contributed by atoms with Gasteiger partial charge in [0.05, 0.1) is 17.4 Å². The number of hydrogen-bond acceptors (Lipinski definition) is 3. The number of nitrogens with one attached hydrogen (secondary N) is 2. The maximum Gasteiger partial charge on any atom is 0.222 e. The Kier molecular flexibility index (Phi) is 2.68. The monoisotopic (exact) mass is 223 g/mol. The minimum absolute atomic E-state index is 0.0231. The number of anilines is 2. The normalized spacial score (nSPS) is 19.6. The first-order chi connectivity index (χ1) is 7.56. The first-order valence-corrected chi connectivity index (χ1v) is 5.15. The summed E-state index contributed by atoms with van der Waals surface area (Å²) in [5, 5.41) is 5.85. The molecule has 5 heteroatoms. The highest BCUT2D eigenvalue weighted by atomic mass is 19.1. The molecule has 1 heterocycles. The van der Waals surface area contributed by atoms with Crippen molar-refractivity contribution in [2.75, 3.05) is 17.6 Å². The summed E-state index contributed by atoms with van der Waals surface area (Å²) in [7, 11) is 0. The van der Waals surface area contributed by atoms with Crippen molar-refractivity contribution in [2.24, 2.45) is 0 Å². The van der Waals surface area contributed by atoms with E-state index < -0.39 is 0 Å². The number of aryl methyl sites for hydroxylation is 1. The standard InChI is InChI=1S/C11H14FN3O/c1-6-2-10(9(13)4-8(6)12)15-7-3-11(16)14-5-7/h2,4,7,15H,3,5,13H2,1H3,(H,14,16). The minimum Gasteiger partial charge on any atom is -0.397 e. The molecule has 1 aromatic rings. The number of amides is 1. The van der Waals surface area contributed by atoms with Crippen LogP contribution in [0.4, 0.5) is 15.8 Å². The SMILES string of the molecule is Cc1cc(NC2CNC(=O)C2)c(N)cc1F. The molecule has 0 spiro atoms. The first-order valence-electron chi connectivity index (χ1n) is 5.15. The first kappa shape index (κ1) is 10.7. The lowest BCUT2D eigenvalue weighted by atomic mass is 10.1. The largest absolute Gasteiger partial charge is 0.397 e. The third kappa shape index (κ3) is 2.08. The van der Waals surface area contributed by atoms with E-state index in [-0.39, 0.29) is 17.8 Å². The van der Waals surface area contributed by atoms with Gasteiger partial charge in [0.1, 0.15) is 5.82 Å². The predicted octanol–water partition coefficient (Wildman–Crippen LogP) is 1.02. The lowest BCUT2D eigenvalue weighted by Crippen LogP contribution is -2.23. The fraction of sp³-hybridized carbons (Fsp3) is 0.364. The zero-order valence-electron chi connectivity index (χ0n) is 9.01. The molecule has 0 bridgehead atoms. The molecule has 1 aliphatic heterocycles. The summed E-state index contributed by atoms with van der Waals surface area (Å²) in [5.41, 5.74) is 7.28. The van der Waals surface area contributed by atoms with Crippen molar-refractivity contribution in [2.45, 2.75) is 19.4 Å². The Morgan fingerprint density at radius 3 is 2.94 bits per heavy atom. The van der Waals surface area contributed by atoms with Gasteiger partial charge >= 0.3 is 0 Å². The van der Waals surface area contributed by atoms with Crippen LogP contribution in [-0.2, 0) is 4.79 Å². The van der Waals surface area contributed by atoms with Crippen molar-refractivity contribution >= 4 is 17.3 Å². The van der Waals surface area contributed by atoms with Gasteiger partial charge in [-0.15, -0.1) is 0 Å². The van der Waals surface area contributed by atoms with Gasteiger partial charge in [0.15, 0.2) is 0 Å². The molecule has 1 fully saturated rings. The van der Waals surface area contributed by atoms with Crippen LogP contribution < -0.4 is 16.4 Å². The Morgan fingerprint density at radius 2 is 2.31 bits per heavy atom. The molecule has 4 nitrogen and oxygen atoms in total. The maximum atomic E-state index is 13.2. The van der Waals surface area contributed by atoms with Gasteiger partial charge in [-0.2, -0.15) is 0 Å². The summed E-state index contributed by atoms with van der Waals surface area (Å²) in [5.74, 6) is -0.293. The lowest BCUT2D eigenvalue weighted by molar-refractivity contribution is -0.119. The van der Waals surface area contributed by atoms with Crippen LogP contribution >= 0.6 is 0 Å². The molecule has 1 aliphatic rings. The molecule has 1 atom stereocenters. The molecule has 0 radical (unpaired) electrons. The van der Waals surface area contributed by atoms with Crippen LogP contribution in [-0.4, -0.2) is 18.5 Å². The number of benzene rings is 1. The average molecular weight is 223 g/mol. The Hall–Kier alpha value is -1.78. The molecule has 4 N–H and O–H groups in total. The second-order valence-corrected chi connectivity index (χ2v) is 4.04. The molecule has 1 saturated heterocycles. The second-order valence-electron chi connectivity index (χ2n) is 4.04. The molecule has 86 valence electrons. The summed E-state index contributed by atoms with van der Waals surface area (Å²) >= 11 is 0. The van der Waals surface area contributed by atoms with E-state index in [0.29, 0.717) is 29.9 Å². The molecule has 1 aromatic carbocycles. The number of nitrogens with two attached hydrogens (primary N) is 1.